The molecule has 5 heteroatoms. The lowest BCUT2D eigenvalue weighted by Crippen LogP contribution is -2.42. The molecule has 1 aromatic carbocycles. The number of benzene rings is 1. The van der Waals surface area contributed by atoms with Gasteiger partial charge in [0, 0.05) is 12.6 Å². The van der Waals surface area contributed by atoms with Crippen LogP contribution in [0.25, 0.3) is 0 Å². The van der Waals surface area contributed by atoms with Gasteiger partial charge in [0.15, 0.2) is 11.6 Å². The molecular formula is C13H16F2N2O. The topological polar surface area (TPSA) is 55.1 Å². The van der Waals surface area contributed by atoms with Gasteiger partial charge in [-0.25, -0.2) is 8.78 Å². The van der Waals surface area contributed by atoms with Crippen LogP contribution in [0, 0.1) is 17.6 Å². The van der Waals surface area contributed by atoms with Crippen LogP contribution in [0.15, 0.2) is 18.2 Å². The Labute approximate surface area is 104 Å². The molecule has 18 heavy (non-hydrogen) atoms. The van der Waals surface area contributed by atoms with E-state index in [1.54, 1.807) is 0 Å². The third-order valence-electron chi connectivity index (χ3n) is 3.21. The minimum absolute atomic E-state index is 0.0654. The molecule has 1 aliphatic carbocycles. The number of amides is 1. The van der Waals surface area contributed by atoms with Crippen molar-refractivity contribution < 1.29 is 13.6 Å². The van der Waals surface area contributed by atoms with Crippen molar-refractivity contribution in [3.05, 3.63) is 35.4 Å². The van der Waals surface area contributed by atoms with E-state index in [0.29, 0.717) is 18.0 Å². The smallest absolute Gasteiger partial charge is 0.224 e. The molecule has 0 atom stereocenters. The number of hydrogen-bond donors (Lipinski definition) is 2. The van der Waals surface area contributed by atoms with E-state index in [1.165, 1.54) is 6.07 Å². The first-order valence-corrected chi connectivity index (χ1v) is 6.01. The number of nitrogens with two attached hydrogens (primary N) is 1. The Kier molecular flexibility index (Phi) is 3.91. The molecule has 0 aliphatic heterocycles. The quantitative estimate of drug-likeness (QED) is 0.852. The molecule has 1 saturated carbocycles. The average Bonchev–Trinajstić information content (AvgIpc) is 2.28. The van der Waals surface area contributed by atoms with Crippen LogP contribution in [0.2, 0.25) is 0 Å². The summed E-state index contributed by atoms with van der Waals surface area (Å²) in [4.78, 5) is 11.6. The van der Waals surface area contributed by atoms with Crippen molar-refractivity contribution in [3.8, 4) is 0 Å². The third-order valence-corrected chi connectivity index (χ3v) is 3.21. The molecular weight excluding hydrogens is 238 g/mol. The van der Waals surface area contributed by atoms with Gasteiger partial charge in [0.25, 0.3) is 0 Å². The summed E-state index contributed by atoms with van der Waals surface area (Å²) in [5.41, 5.74) is 6.11. The van der Waals surface area contributed by atoms with E-state index in [-0.39, 0.29) is 18.4 Å². The molecule has 3 N–H and O–H groups in total. The average molecular weight is 254 g/mol. The lowest BCUT2D eigenvalue weighted by molar-refractivity contribution is -0.120. The zero-order valence-corrected chi connectivity index (χ0v) is 9.96. The van der Waals surface area contributed by atoms with Crippen molar-refractivity contribution in [1.82, 2.24) is 5.32 Å². The Balaban J connectivity index is 1.78. The maximum atomic E-state index is 12.9. The summed E-state index contributed by atoms with van der Waals surface area (Å²) in [5.74, 6) is -1.55. The lowest BCUT2D eigenvalue weighted by atomic mass is 9.81. The molecule has 1 fully saturated rings. The van der Waals surface area contributed by atoms with Gasteiger partial charge in [-0.1, -0.05) is 6.07 Å². The third kappa shape index (κ3) is 3.26. The second-order valence-corrected chi connectivity index (χ2v) is 4.83. The standard InChI is InChI=1S/C13H16F2N2O/c14-11-2-1-8(5-12(11)15)6-13(18)17-7-9-3-10(16)4-9/h1-2,5,9-10H,3-4,6-7,16H2,(H,17,18). The van der Waals surface area contributed by atoms with Gasteiger partial charge >= 0.3 is 0 Å². The SMILES string of the molecule is NC1CC(CNC(=O)Cc2ccc(F)c(F)c2)C1. The van der Waals surface area contributed by atoms with Gasteiger partial charge in [-0.2, -0.15) is 0 Å². The highest BCUT2D eigenvalue weighted by atomic mass is 19.2. The fourth-order valence-electron chi connectivity index (χ4n) is 2.11. The monoisotopic (exact) mass is 254 g/mol. The second-order valence-electron chi connectivity index (χ2n) is 4.83. The molecule has 0 bridgehead atoms. The summed E-state index contributed by atoms with van der Waals surface area (Å²) in [6.07, 6.45) is 1.94. The van der Waals surface area contributed by atoms with E-state index in [0.717, 1.165) is 25.0 Å². The van der Waals surface area contributed by atoms with E-state index in [2.05, 4.69) is 5.32 Å². The van der Waals surface area contributed by atoms with Crippen LogP contribution in [-0.4, -0.2) is 18.5 Å². The Morgan fingerprint density at radius 3 is 2.67 bits per heavy atom. The van der Waals surface area contributed by atoms with Crippen molar-refractivity contribution in [2.45, 2.75) is 25.3 Å². The summed E-state index contributed by atoms with van der Waals surface area (Å²) in [6, 6.07) is 3.76. The molecule has 0 aromatic heterocycles. The van der Waals surface area contributed by atoms with Gasteiger partial charge in [0.1, 0.15) is 0 Å². The van der Waals surface area contributed by atoms with Crippen LogP contribution < -0.4 is 11.1 Å². The van der Waals surface area contributed by atoms with Gasteiger partial charge in [0.2, 0.25) is 5.91 Å². The van der Waals surface area contributed by atoms with E-state index in [4.69, 9.17) is 5.73 Å². The summed E-state index contributed by atoms with van der Waals surface area (Å²) < 4.78 is 25.6. The predicted molar refractivity (Wildman–Crippen MR) is 63.8 cm³/mol. The molecule has 0 heterocycles. The molecule has 0 unspecified atom stereocenters. The highest BCUT2D eigenvalue weighted by Gasteiger charge is 2.25. The number of carbonyl (C=O) groups is 1. The number of nitrogens with one attached hydrogen (secondary N) is 1. The minimum Gasteiger partial charge on any atom is -0.356 e. The van der Waals surface area contributed by atoms with Crippen LogP contribution in [0.3, 0.4) is 0 Å². The molecule has 3 nitrogen and oxygen atoms in total. The zero-order valence-electron chi connectivity index (χ0n) is 9.96. The van der Waals surface area contributed by atoms with Crippen molar-refractivity contribution >= 4 is 5.91 Å². The van der Waals surface area contributed by atoms with Crippen LogP contribution >= 0.6 is 0 Å². The predicted octanol–water partition coefficient (Wildman–Crippen LogP) is 1.36. The summed E-state index contributed by atoms with van der Waals surface area (Å²) in [6.45, 7) is 0.607. The van der Waals surface area contributed by atoms with Crippen molar-refractivity contribution in [1.29, 1.82) is 0 Å². The van der Waals surface area contributed by atoms with Crippen LogP contribution in [-0.2, 0) is 11.2 Å². The summed E-state index contributed by atoms with van der Waals surface area (Å²) in [7, 11) is 0. The molecule has 98 valence electrons. The normalized spacial score (nSPS) is 22.4. The van der Waals surface area contributed by atoms with Crippen LogP contribution in [0.5, 0.6) is 0 Å². The highest BCUT2D eigenvalue weighted by molar-refractivity contribution is 5.78. The molecule has 1 aliphatic rings. The number of carbonyl (C=O) groups excluding carboxylic acids is 1. The summed E-state index contributed by atoms with van der Waals surface area (Å²) in [5, 5.41) is 2.78. The Morgan fingerprint density at radius 2 is 2.06 bits per heavy atom. The number of hydrogen-bond acceptors (Lipinski definition) is 2. The van der Waals surface area contributed by atoms with E-state index in [9.17, 15) is 13.6 Å². The molecule has 2 rings (SSSR count). The Hall–Kier alpha value is -1.49. The van der Waals surface area contributed by atoms with Crippen molar-refractivity contribution in [2.24, 2.45) is 11.7 Å². The lowest BCUT2D eigenvalue weighted by Gasteiger charge is -2.32. The Bertz CT molecular complexity index is 445. The number of halogens is 2. The van der Waals surface area contributed by atoms with Gasteiger partial charge in [-0.05, 0) is 36.5 Å². The van der Waals surface area contributed by atoms with Gasteiger partial charge in [-0.15, -0.1) is 0 Å². The largest absolute Gasteiger partial charge is 0.356 e. The zero-order chi connectivity index (χ0) is 13.1. The van der Waals surface area contributed by atoms with Gasteiger partial charge < -0.3 is 11.1 Å². The first-order valence-electron chi connectivity index (χ1n) is 6.01. The molecule has 0 radical (unpaired) electrons. The first-order chi connectivity index (χ1) is 8.54. The number of rotatable bonds is 4. The Morgan fingerprint density at radius 1 is 1.33 bits per heavy atom. The summed E-state index contributed by atoms with van der Waals surface area (Å²) >= 11 is 0. The molecule has 0 saturated heterocycles. The first kappa shape index (κ1) is 13.0. The highest BCUT2D eigenvalue weighted by Crippen LogP contribution is 2.24. The van der Waals surface area contributed by atoms with Crippen LogP contribution in [0.4, 0.5) is 8.78 Å². The molecule has 1 aromatic rings. The van der Waals surface area contributed by atoms with Gasteiger partial charge in [-0.3, -0.25) is 4.79 Å². The fraction of sp³-hybridized carbons (Fsp3) is 0.462. The van der Waals surface area contributed by atoms with Crippen molar-refractivity contribution in [3.63, 3.8) is 0 Å². The van der Waals surface area contributed by atoms with E-state index in [1.807, 2.05) is 0 Å². The minimum atomic E-state index is -0.926. The molecule has 0 spiro atoms. The van der Waals surface area contributed by atoms with E-state index < -0.39 is 11.6 Å². The second kappa shape index (κ2) is 5.44. The fourth-order valence-corrected chi connectivity index (χ4v) is 2.11. The van der Waals surface area contributed by atoms with E-state index >= 15 is 0 Å². The van der Waals surface area contributed by atoms with Crippen LogP contribution in [0.1, 0.15) is 18.4 Å². The van der Waals surface area contributed by atoms with Crippen molar-refractivity contribution in [2.75, 3.05) is 6.54 Å². The maximum absolute atomic E-state index is 12.9. The van der Waals surface area contributed by atoms with Gasteiger partial charge in [0.05, 0.1) is 6.42 Å². The molecule has 1 amide bonds. The maximum Gasteiger partial charge on any atom is 0.224 e.